The minimum atomic E-state index is -0.172. The fourth-order valence-corrected chi connectivity index (χ4v) is 3.67. The van der Waals surface area contributed by atoms with Crippen molar-refractivity contribution in [3.63, 3.8) is 0 Å². The number of carbonyl (C=O) groups is 1. The van der Waals surface area contributed by atoms with Gasteiger partial charge in [-0.15, -0.1) is 12.4 Å². The summed E-state index contributed by atoms with van der Waals surface area (Å²) in [5.41, 5.74) is 2.44. The van der Waals surface area contributed by atoms with Crippen LogP contribution in [0.2, 0.25) is 0 Å². The molecule has 0 radical (unpaired) electrons. The van der Waals surface area contributed by atoms with E-state index in [1.165, 1.54) is 0 Å². The summed E-state index contributed by atoms with van der Waals surface area (Å²) in [6.45, 7) is 2.66. The molecule has 1 fully saturated rings. The molecular weight excluding hydrogens is 376 g/mol. The van der Waals surface area contributed by atoms with Crippen molar-refractivity contribution in [2.24, 2.45) is 5.92 Å². The average molecular weight is 401 g/mol. The second-order valence-electron chi connectivity index (χ2n) is 6.96. The summed E-state index contributed by atoms with van der Waals surface area (Å²) in [5, 5.41) is 7.35. The normalized spacial score (nSPS) is 16.4. The summed E-state index contributed by atoms with van der Waals surface area (Å²) in [4.78, 5) is 12.9. The van der Waals surface area contributed by atoms with Crippen molar-refractivity contribution in [3.8, 4) is 16.9 Å². The second-order valence-corrected chi connectivity index (χ2v) is 6.96. The molecule has 6 heteroatoms. The van der Waals surface area contributed by atoms with Gasteiger partial charge < -0.3 is 19.8 Å². The van der Waals surface area contributed by atoms with E-state index >= 15 is 0 Å². The van der Waals surface area contributed by atoms with Crippen LogP contribution in [0.5, 0.6) is 5.75 Å². The molecule has 0 spiro atoms. The van der Waals surface area contributed by atoms with Gasteiger partial charge in [0.25, 0.3) is 5.91 Å². The van der Waals surface area contributed by atoms with Gasteiger partial charge >= 0.3 is 0 Å². The van der Waals surface area contributed by atoms with Crippen molar-refractivity contribution in [1.82, 2.24) is 10.6 Å². The zero-order valence-electron chi connectivity index (χ0n) is 15.9. The van der Waals surface area contributed by atoms with Gasteiger partial charge in [0, 0.05) is 23.6 Å². The first-order chi connectivity index (χ1) is 13.3. The van der Waals surface area contributed by atoms with Gasteiger partial charge in [-0.05, 0) is 49.5 Å². The number of rotatable bonds is 5. The lowest BCUT2D eigenvalue weighted by atomic mass is 9.99. The molecule has 3 aromatic rings. The van der Waals surface area contributed by atoms with Gasteiger partial charge in [0.15, 0.2) is 0 Å². The van der Waals surface area contributed by atoms with Crippen molar-refractivity contribution in [2.75, 3.05) is 26.7 Å². The van der Waals surface area contributed by atoms with Crippen LogP contribution in [-0.4, -0.2) is 32.7 Å². The highest BCUT2D eigenvalue weighted by atomic mass is 35.5. The van der Waals surface area contributed by atoms with Crippen LogP contribution in [0.25, 0.3) is 22.1 Å². The molecule has 0 aliphatic carbocycles. The number of ether oxygens (including phenoxy) is 1. The van der Waals surface area contributed by atoms with Crippen molar-refractivity contribution in [3.05, 3.63) is 54.3 Å². The zero-order chi connectivity index (χ0) is 18.6. The Morgan fingerprint density at radius 3 is 2.79 bits per heavy atom. The molecule has 0 saturated carbocycles. The second kappa shape index (κ2) is 9.13. The van der Waals surface area contributed by atoms with Crippen molar-refractivity contribution >= 4 is 29.3 Å². The molecule has 1 aliphatic heterocycles. The summed E-state index contributed by atoms with van der Waals surface area (Å²) in [6.07, 6.45) is 2.29. The lowest BCUT2D eigenvalue weighted by molar-refractivity contribution is 0.0920. The van der Waals surface area contributed by atoms with Crippen molar-refractivity contribution in [1.29, 1.82) is 0 Å². The average Bonchev–Trinajstić information content (AvgIpc) is 3.12. The van der Waals surface area contributed by atoms with Gasteiger partial charge in [-0.2, -0.15) is 0 Å². The molecule has 1 saturated heterocycles. The first-order valence-electron chi connectivity index (χ1n) is 9.41. The molecular formula is C22H25ClN2O3. The monoisotopic (exact) mass is 400 g/mol. The maximum Gasteiger partial charge on any atom is 0.287 e. The van der Waals surface area contributed by atoms with E-state index in [4.69, 9.17) is 9.15 Å². The summed E-state index contributed by atoms with van der Waals surface area (Å²) in [6, 6.07) is 15.5. The first kappa shape index (κ1) is 20.2. The highest BCUT2D eigenvalue weighted by Crippen LogP contribution is 2.36. The summed E-state index contributed by atoms with van der Waals surface area (Å²) >= 11 is 0. The van der Waals surface area contributed by atoms with Gasteiger partial charge in [-0.1, -0.05) is 30.3 Å². The first-order valence-corrected chi connectivity index (χ1v) is 9.41. The lowest BCUT2D eigenvalue weighted by Gasteiger charge is -2.22. The minimum Gasteiger partial charge on any atom is -0.497 e. The molecule has 1 amide bonds. The van der Waals surface area contributed by atoms with E-state index in [2.05, 4.69) is 10.6 Å². The maximum absolute atomic E-state index is 12.9. The largest absolute Gasteiger partial charge is 0.497 e. The van der Waals surface area contributed by atoms with E-state index in [0.717, 1.165) is 42.4 Å². The quantitative estimate of drug-likeness (QED) is 0.671. The summed E-state index contributed by atoms with van der Waals surface area (Å²) in [7, 11) is 1.62. The minimum absolute atomic E-state index is 0. The van der Waals surface area contributed by atoms with Gasteiger partial charge in [0.1, 0.15) is 11.3 Å². The summed E-state index contributed by atoms with van der Waals surface area (Å²) < 4.78 is 11.3. The van der Waals surface area contributed by atoms with E-state index in [0.29, 0.717) is 29.6 Å². The number of hydrogen-bond donors (Lipinski definition) is 2. The predicted molar refractivity (Wildman–Crippen MR) is 113 cm³/mol. The fourth-order valence-electron chi connectivity index (χ4n) is 3.67. The van der Waals surface area contributed by atoms with Crippen LogP contribution < -0.4 is 15.4 Å². The highest BCUT2D eigenvalue weighted by molar-refractivity contribution is 6.08. The smallest absolute Gasteiger partial charge is 0.287 e. The number of benzene rings is 2. The number of furan rings is 1. The van der Waals surface area contributed by atoms with Crippen LogP contribution in [0.1, 0.15) is 23.4 Å². The van der Waals surface area contributed by atoms with E-state index in [-0.39, 0.29) is 18.3 Å². The Kier molecular flexibility index (Phi) is 6.60. The van der Waals surface area contributed by atoms with Crippen molar-refractivity contribution in [2.45, 2.75) is 12.8 Å². The number of carbonyl (C=O) groups excluding carboxylic acids is 1. The van der Waals surface area contributed by atoms with Crippen LogP contribution in [-0.2, 0) is 0 Å². The number of fused-ring (bicyclic) bond motifs is 1. The van der Waals surface area contributed by atoms with E-state index < -0.39 is 0 Å². The molecule has 148 valence electrons. The highest BCUT2D eigenvalue weighted by Gasteiger charge is 2.23. The molecule has 4 rings (SSSR count). The Labute approximate surface area is 170 Å². The standard InChI is InChI=1S/C22H24N2O3.ClH/c1-26-17-9-10-18-19(12-17)27-21(20(18)16-7-3-2-4-8-16)22(25)24-14-15-6-5-11-23-13-15;/h2-4,7-10,12,15,23H,5-6,11,13-14H2,1H3,(H,24,25);1H. The molecule has 2 aromatic carbocycles. The molecule has 0 bridgehead atoms. The molecule has 1 unspecified atom stereocenters. The van der Waals surface area contributed by atoms with Gasteiger partial charge in [0.2, 0.25) is 5.76 Å². The van der Waals surface area contributed by atoms with E-state index in [9.17, 15) is 4.79 Å². The van der Waals surface area contributed by atoms with Crippen LogP contribution in [0.15, 0.2) is 52.9 Å². The van der Waals surface area contributed by atoms with Gasteiger partial charge in [-0.25, -0.2) is 0 Å². The van der Waals surface area contributed by atoms with Crippen LogP contribution in [0, 0.1) is 5.92 Å². The Balaban J connectivity index is 0.00000225. The number of halogens is 1. The fraction of sp³-hybridized carbons (Fsp3) is 0.318. The number of nitrogens with one attached hydrogen (secondary N) is 2. The molecule has 2 heterocycles. The lowest BCUT2D eigenvalue weighted by Crippen LogP contribution is -2.38. The molecule has 1 atom stereocenters. The Hall–Kier alpha value is -2.50. The van der Waals surface area contributed by atoms with Gasteiger partial charge in [0.05, 0.1) is 7.11 Å². The molecule has 1 aromatic heterocycles. The van der Waals surface area contributed by atoms with Crippen LogP contribution in [0.4, 0.5) is 0 Å². The third kappa shape index (κ3) is 4.16. The Morgan fingerprint density at radius 1 is 1.25 bits per heavy atom. The maximum atomic E-state index is 12.9. The van der Waals surface area contributed by atoms with Crippen molar-refractivity contribution < 1.29 is 13.9 Å². The van der Waals surface area contributed by atoms with Crippen LogP contribution >= 0.6 is 12.4 Å². The molecule has 2 N–H and O–H groups in total. The van der Waals surface area contributed by atoms with Crippen LogP contribution in [0.3, 0.4) is 0 Å². The predicted octanol–water partition coefficient (Wildman–Crippen LogP) is 4.26. The molecule has 28 heavy (non-hydrogen) atoms. The Morgan fingerprint density at radius 2 is 2.07 bits per heavy atom. The SMILES string of the molecule is COc1ccc2c(-c3ccccc3)c(C(=O)NCC3CCCNC3)oc2c1.Cl. The van der Waals surface area contributed by atoms with E-state index in [1.54, 1.807) is 7.11 Å². The topological polar surface area (TPSA) is 63.5 Å². The summed E-state index contributed by atoms with van der Waals surface area (Å²) in [5.74, 6) is 1.35. The van der Waals surface area contributed by atoms with E-state index in [1.807, 2.05) is 48.5 Å². The zero-order valence-corrected chi connectivity index (χ0v) is 16.7. The molecule has 1 aliphatic rings. The Bertz CT molecular complexity index is 934. The number of amides is 1. The third-order valence-corrected chi connectivity index (χ3v) is 5.12. The third-order valence-electron chi connectivity index (χ3n) is 5.12. The number of hydrogen-bond acceptors (Lipinski definition) is 4. The van der Waals surface area contributed by atoms with Gasteiger partial charge in [-0.3, -0.25) is 4.79 Å². The number of methoxy groups -OCH3 is 1. The number of piperidine rings is 1. The molecule has 5 nitrogen and oxygen atoms in total.